The first kappa shape index (κ1) is 17.0. The lowest BCUT2D eigenvalue weighted by molar-refractivity contribution is 0.617. The van der Waals surface area contributed by atoms with Crippen LogP contribution in [0, 0.1) is 5.82 Å². The van der Waals surface area contributed by atoms with Crippen LogP contribution < -0.4 is 0 Å². The third-order valence-electron chi connectivity index (χ3n) is 4.72. The molecule has 1 aliphatic rings. The number of halogens is 1. The van der Waals surface area contributed by atoms with Crippen molar-refractivity contribution in [1.29, 1.82) is 0 Å². The van der Waals surface area contributed by atoms with Gasteiger partial charge >= 0.3 is 0 Å². The molecule has 3 nitrogen and oxygen atoms in total. The van der Waals surface area contributed by atoms with E-state index in [1.807, 2.05) is 24.3 Å². The van der Waals surface area contributed by atoms with Gasteiger partial charge in [-0.25, -0.2) is 4.39 Å². The summed E-state index contributed by atoms with van der Waals surface area (Å²) < 4.78 is 16.0. The Labute approximate surface area is 157 Å². The number of thioether (sulfide) groups is 1. The van der Waals surface area contributed by atoms with Crippen molar-refractivity contribution >= 4 is 11.8 Å². The molecule has 1 fully saturated rings. The van der Waals surface area contributed by atoms with Gasteiger partial charge in [-0.1, -0.05) is 66.4 Å². The molecule has 132 valence electrons. The van der Waals surface area contributed by atoms with E-state index in [-0.39, 0.29) is 5.82 Å². The Morgan fingerprint density at radius 1 is 1.08 bits per heavy atom. The fourth-order valence-corrected chi connectivity index (χ4v) is 4.23. The second-order valence-electron chi connectivity index (χ2n) is 6.48. The largest absolute Gasteiger partial charge is 0.302 e. The Balaban J connectivity index is 1.52. The van der Waals surface area contributed by atoms with Gasteiger partial charge in [-0.15, -0.1) is 16.8 Å². The number of hydrogen-bond donors (Lipinski definition) is 0. The van der Waals surface area contributed by atoms with Gasteiger partial charge in [0, 0.05) is 18.2 Å². The highest BCUT2D eigenvalue weighted by molar-refractivity contribution is 7.98. The highest BCUT2D eigenvalue weighted by Gasteiger charge is 2.43. The molecule has 2 atom stereocenters. The molecule has 0 aliphatic heterocycles. The molecule has 0 bridgehead atoms. The summed E-state index contributed by atoms with van der Waals surface area (Å²) >= 11 is 1.52. The maximum Gasteiger partial charge on any atom is 0.191 e. The van der Waals surface area contributed by atoms with E-state index in [0.29, 0.717) is 29.7 Å². The van der Waals surface area contributed by atoms with E-state index >= 15 is 0 Å². The van der Waals surface area contributed by atoms with Crippen molar-refractivity contribution in [3.8, 4) is 0 Å². The maximum absolute atomic E-state index is 13.9. The Kier molecular flexibility index (Phi) is 4.89. The summed E-state index contributed by atoms with van der Waals surface area (Å²) in [5, 5.41) is 9.65. The number of hydrogen-bond acceptors (Lipinski definition) is 3. The summed E-state index contributed by atoms with van der Waals surface area (Å²) in [7, 11) is 0. The Morgan fingerprint density at radius 3 is 2.62 bits per heavy atom. The zero-order valence-corrected chi connectivity index (χ0v) is 15.2. The average Bonchev–Trinajstić information content (AvgIpc) is 3.37. The Morgan fingerprint density at radius 2 is 1.85 bits per heavy atom. The normalized spacial score (nSPS) is 18.7. The molecule has 0 saturated heterocycles. The van der Waals surface area contributed by atoms with Crippen LogP contribution >= 0.6 is 11.8 Å². The Hall–Kier alpha value is -2.40. The minimum absolute atomic E-state index is 0.179. The molecule has 4 rings (SSSR count). The minimum Gasteiger partial charge on any atom is -0.302 e. The topological polar surface area (TPSA) is 30.7 Å². The van der Waals surface area contributed by atoms with Crippen molar-refractivity contribution in [1.82, 2.24) is 14.8 Å². The van der Waals surface area contributed by atoms with Crippen molar-refractivity contribution in [2.45, 2.75) is 35.7 Å². The summed E-state index contributed by atoms with van der Waals surface area (Å²) in [6, 6.07) is 17.4. The number of benzene rings is 2. The van der Waals surface area contributed by atoms with Crippen molar-refractivity contribution in [2.24, 2.45) is 0 Å². The van der Waals surface area contributed by atoms with Crippen LogP contribution in [0.4, 0.5) is 4.39 Å². The summed E-state index contributed by atoms with van der Waals surface area (Å²) in [5.74, 6) is 2.27. The molecule has 1 heterocycles. The van der Waals surface area contributed by atoms with E-state index in [2.05, 4.69) is 45.6 Å². The summed E-state index contributed by atoms with van der Waals surface area (Å²) in [4.78, 5) is 0. The van der Waals surface area contributed by atoms with Crippen LogP contribution in [0.1, 0.15) is 35.2 Å². The molecular weight excluding hydrogens is 345 g/mol. The van der Waals surface area contributed by atoms with Gasteiger partial charge in [0.1, 0.15) is 11.6 Å². The van der Waals surface area contributed by atoms with E-state index in [0.717, 1.165) is 17.4 Å². The lowest BCUT2D eigenvalue weighted by Gasteiger charge is -2.08. The highest BCUT2D eigenvalue weighted by Crippen LogP contribution is 2.54. The van der Waals surface area contributed by atoms with E-state index in [9.17, 15) is 4.39 Å². The minimum atomic E-state index is -0.179. The predicted molar refractivity (Wildman–Crippen MR) is 103 cm³/mol. The molecule has 5 heteroatoms. The lowest BCUT2D eigenvalue weighted by atomic mass is 10.1. The van der Waals surface area contributed by atoms with Crippen molar-refractivity contribution in [3.63, 3.8) is 0 Å². The van der Waals surface area contributed by atoms with E-state index < -0.39 is 0 Å². The van der Waals surface area contributed by atoms with Gasteiger partial charge in [-0.3, -0.25) is 0 Å². The van der Waals surface area contributed by atoms with Gasteiger partial charge in [0.2, 0.25) is 0 Å². The van der Waals surface area contributed by atoms with E-state index in [4.69, 9.17) is 0 Å². The molecule has 1 aromatic heterocycles. The third kappa shape index (κ3) is 3.44. The summed E-state index contributed by atoms with van der Waals surface area (Å²) in [6.45, 7) is 4.53. The second-order valence-corrected chi connectivity index (χ2v) is 7.42. The summed E-state index contributed by atoms with van der Waals surface area (Å²) in [6.07, 6.45) is 2.96. The van der Waals surface area contributed by atoms with Crippen LogP contribution in [-0.4, -0.2) is 14.8 Å². The molecular formula is C21H20FN3S. The zero-order chi connectivity index (χ0) is 17.9. The van der Waals surface area contributed by atoms with Crippen molar-refractivity contribution in [2.75, 3.05) is 0 Å². The molecule has 0 amide bonds. The van der Waals surface area contributed by atoms with Gasteiger partial charge in [0.25, 0.3) is 0 Å². The molecule has 2 aromatic carbocycles. The molecule has 3 aromatic rings. The number of nitrogens with zero attached hydrogens (tertiary/aromatic N) is 3. The SMILES string of the molecule is C=CCn1c(SCc2ccccc2F)nnc1C1CC1c1ccccc1. The van der Waals surface area contributed by atoms with Crippen LogP contribution in [0.2, 0.25) is 0 Å². The zero-order valence-electron chi connectivity index (χ0n) is 14.4. The van der Waals surface area contributed by atoms with Gasteiger partial charge < -0.3 is 4.57 Å². The highest BCUT2D eigenvalue weighted by atomic mass is 32.2. The van der Waals surface area contributed by atoms with Gasteiger partial charge in [0.05, 0.1) is 0 Å². The lowest BCUT2D eigenvalue weighted by Crippen LogP contribution is -2.03. The molecule has 0 spiro atoms. The van der Waals surface area contributed by atoms with Gasteiger partial charge in [0.15, 0.2) is 5.16 Å². The van der Waals surface area contributed by atoms with E-state index in [1.54, 1.807) is 6.07 Å². The molecule has 0 radical (unpaired) electrons. The number of rotatable bonds is 7. The van der Waals surface area contributed by atoms with Crippen LogP contribution in [0.5, 0.6) is 0 Å². The third-order valence-corrected chi connectivity index (χ3v) is 5.74. The van der Waals surface area contributed by atoms with Crippen molar-refractivity contribution in [3.05, 3.63) is 90.0 Å². The molecule has 1 saturated carbocycles. The monoisotopic (exact) mass is 365 g/mol. The number of aromatic nitrogens is 3. The number of allylic oxidation sites excluding steroid dienone is 1. The second kappa shape index (κ2) is 7.46. The smallest absolute Gasteiger partial charge is 0.191 e. The van der Waals surface area contributed by atoms with Crippen molar-refractivity contribution < 1.29 is 4.39 Å². The van der Waals surface area contributed by atoms with Gasteiger partial charge in [-0.2, -0.15) is 0 Å². The first-order chi connectivity index (χ1) is 12.8. The quantitative estimate of drug-likeness (QED) is 0.428. The predicted octanol–water partition coefficient (Wildman–Crippen LogP) is 5.17. The molecule has 2 unspecified atom stereocenters. The molecule has 26 heavy (non-hydrogen) atoms. The van der Waals surface area contributed by atoms with Gasteiger partial charge in [-0.05, 0) is 29.5 Å². The fourth-order valence-electron chi connectivity index (χ4n) is 3.29. The van der Waals surface area contributed by atoms with Crippen LogP contribution in [0.15, 0.2) is 72.4 Å². The Bertz CT molecular complexity index is 907. The maximum atomic E-state index is 13.9. The average molecular weight is 365 g/mol. The first-order valence-corrected chi connectivity index (χ1v) is 9.71. The van der Waals surface area contributed by atoms with E-state index in [1.165, 1.54) is 23.4 Å². The molecule has 0 N–H and O–H groups in total. The standard InChI is InChI=1S/C21H20FN3S/c1-2-12-25-20(18-13-17(18)15-8-4-3-5-9-15)23-24-21(25)26-14-16-10-6-7-11-19(16)22/h2-11,17-18H,1,12-14H2. The fraction of sp³-hybridized carbons (Fsp3) is 0.238. The summed E-state index contributed by atoms with van der Waals surface area (Å²) in [5.41, 5.74) is 2.03. The van der Waals surface area contributed by atoms with Crippen LogP contribution in [-0.2, 0) is 12.3 Å². The first-order valence-electron chi connectivity index (χ1n) is 8.73. The van der Waals surface area contributed by atoms with Crippen LogP contribution in [0.25, 0.3) is 0 Å². The molecule has 1 aliphatic carbocycles. The van der Waals surface area contributed by atoms with Crippen LogP contribution in [0.3, 0.4) is 0 Å².